The second kappa shape index (κ2) is 9.94. The largest absolute Gasteiger partial charge is 0.465 e. The zero-order valence-corrected chi connectivity index (χ0v) is 20.1. The first-order valence-electron chi connectivity index (χ1n) is 11.4. The fraction of sp³-hybridized carbons (Fsp3) is 0.480. The number of esters is 1. The Labute approximate surface area is 198 Å². The summed E-state index contributed by atoms with van der Waals surface area (Å²) in [6.45, 7) is 5.03. The number of methoxy groups -OCH3 is 1. The summed E-state index contributed by atoms with van der Waals surface area (Å²) >= 11 is 1.64. The predicted octanol–water partition coefficient (Wildman–Crippen LogP) is 4.02. The van der Waals surface area contributed by atoms with Crippen molar-refractivity contribution in [1.29, 1.82) is 5.26 Å². The van der Waals surface area contributed by atoms with E-state index in [-0.39, 0.29) is 17.6 Å². The molecule has 0 radical (unpaired) electrons. The zero-order valence-electron chi connectivity index (χ0n) is 19.3. The molecule has 7 nitrogen and oxygen atoms in total. The average molecular weight is 468 g/mol. The van der Waals surface area contributed by atoms with Crippen molar-refractivity contribution >= 4 is 29.3 Å². The Kier molecular flexibility index (Phi) is 7.01. The molecule has 1 N–H and O–H groups in total. The lowest BCUT2D eigenvalue weighted by Gasteiger charge is -2.13. The fourth-order valence-electron chi connectivity index (χ4n) is 4.68. The van der Waals surface area contributed by atoms with Crippen molar-refractivity contribution in [2.24, 2.45) is 0 Å². The van der Waals surface area contributed by atoms with E-state index in [1.807, 2.05) is 30.6 Å². The van der Waals surface area contributed by atoms with Crippen LogP contribution in [0.1, 0.15) is 63.4 Å². The lowest BCUT2D eigenvalue weighted by molar-refractivity contribution is -0.117. The first-order valence-corrected chi connectivity index (χ1v) is 12.2. The Morgan fingerprint density at radius 3 is 2.82 bits per heavy atom. The summed E-state index contributed by atoms with van der Waals surface area (Å²) < 4.78 is 12.7. The third-order valence-corrected chi connectivity index (χ3v) is 7.67. The first kappa shape index (κ1) is 23.3. The van der Waals surface area contributed by atoms with E-state index < -0.39 is 5.91 Å². The maximum Gasteiger partial charge on any atom is 0.341 e. The van der Waals surface area contributed by atoms with Crippen molar-refractivity contribution in [3.8, 4) is 11.1 Å². The molecule has 2 aliphatic rings. The molecule has 1 amide bonds. The van der Waals surface area contributed by atoms with Crippen molar-refractivity contribution in [2.45, 2.75) is 58.5 Å². The number of carbonyl (C=O) groups is 2. The summed E-state index contributed by atoms with van der Waals surface area (Å²) in [5, 5.41) is 13.3. The summed E-state index contributed by atoms with van der Waals surface area (Å²) in [5.41, 5.74) is 4.37. The van der Waals surface area contributed by atoms with Gasteiger partial charge in [0.15, 0.2) is 0 Å². The minimum atomic E-state index is -0.403. The number of aryl methyl sites for hydroxylation is 2. The van der Waals surface area contributed by atoms with E-state index in [0.29, 0.717) is 18.7 Å². The number of fused-ring (bicyclic) bond motifs is 1. The molecule has 1 saturated heterocycles. The number of nitrogens with one attached hydrogen (secondary N) is 1. The Hall–Kier alpha value is -2.89. The molecule has 4 rings (SSSR count). The number of rotatable bonds is 6. The van der Waals surface area contributed by atoms with Crippen LogP contribution >= 0.6 is 11.3 Å². The van der Waals surface area contributed by atoms with Gasteiger partial charge in [0, 0.05) is 29.4 Å². The van der Waals surface area contributed by atoms with Crippen LogP contribution in [0.5, 0.6) is 0 Å². The maximum absolute atomic E-state index is 12.7. The maximum atomic E-state index is 12.7. The standard InChI is InChI=1S/C25H29N3O4S/c1-15-11-17(12-18(13-26)23(29)27-14-19-7-6-10-32-19)16(2)28(15)24-22(25(30)31-3)20-8-4-5-9-21(20)33-24/h11-12,19H,4-10,14H2,1-3H3,(H,27,29)/b18-12+/t19-/m0/s1. The van der Waals surface area contributed by atoms with Crippen molar-refractivity contribution in [2.75, 3.05) is 20.3 Å². The van der Waals surface area contributed by atoms with Crippen LogP contribution in [0.15, 0.2) is 11.6 Å². The number of nitrogens with zero attached hydrogens (tertiary/aromatic N) is 2. The van der Waals surface area contributed by atoms with E-state index >= 15 is 0 Å². The van der Waals surface area contributed by atoms with E-state index in [4.69, 9.17) is 9.47 Å². The Morgan fingerprint density at radius 1 is 1.33 bits per heavy atom. The van der Waals surface area contributed by atoms with E-state index in [1.54, 1.807) is 17.4 Å². The van der Waals surface area contributed by atoms with E-state index in [9.17, 15) is 14.9 Å². The summed E-state index contributed by atoms with van der Waals surface area (Å²) in [6.07, 6.45) is 7.59. The van der Waals surface area contributed by atoms with Gasteiger partial charge in [0.2, 0.25) is 0 Å². The van der Waals surface area contributed by atoms with Gasteiger partial charge in [0.25, 0.3) is 5.91 Å². The highest BCUT2D eigenvalue weighted by Crippen LogP contribution is 2.39. The number of nitriles is 1. The lowest BCUT2D eigenvalue weighted by Crippen LogP contribution is -2.32. The van der Waals surface area contributed by atoms with Gasteiger partial charge in [-0.2, -0.15) is 5.26 Å². The van der Waals surface area contributed by atoms with Crippen LogP contribution in [-0.4, -0.2) is 42.8 Å². The molecule has 0 aromatic carbocycles. The highest BCUT2D eigenvalue weighted by molar-refractivity contribution is 7.15. The molecule has 0 saturated carbocycles. The number of amides is 1. The van der Waals surface area contributed by atoms with Gasteiger partial charge in [-0.15, -0.1) is 11.3 Å². The summed E-state index contributed by atoms with van der Waals surface area (Å²) in [7, 11) is 1.41. The third-order valence-electron chi connectivity index (χ3n) is 6.39. The number of carbonyl (C=O) groups excluding carboxylic acids is 2. The number of hydrogen-bond acceptors (Lipinski definition) is 6. The van der Waals surface area contributed by atoms with Gasteiger partial charge >= 0.3 is 5.97 Å². The van der Waals surface area contributed by atoms with Gasteiger partial charge in [0.1, 0.15) is 16.6 Å². The van der Waals surface area contributed by atoms with Crippen molar-refractivity contribution in [1.82, 2.24) is 9.88 Å². The summed E-state index contributed by atoms with van der Waals surface area (Å²) in [6, 6.07) is 3.97. The van der Waals surface area contributed by atoms with Crippen LogP contribution in [0.4, 0.5) is 0 Å². The number of thiophene rings is 1. The lowest BCUT2D eigenvalue weighted by atomic mass is 9.95. The molecule has 1 aliphatic carbocycles. The molecule has 174 valence electrons. The van der Waals surface area contributed by atoms with E-state index in [2.05, 4.69) is 5.32 Å². The van der Waals surface area contributed by atoms with Gasteiger partial charge in [0.05, 0.1) is 18.8 Å². The van der Waals surface area contributed by atoms with E-state index in [1.165, 1.54) is 12.0 Å². The predicted molar refractivity (Wildman–Crippen MR) is 127 cm³/mol. The van der Waals surface area contributed by atoms with Crippen LogP contribution < -0.4 is 5.32 Å². The van der Waals surface area contributed by atoms with Gasteiger partial charge in [-0.05, 0) is 75.6 Å². The highest BCUT2D eigenvalue weighted by atomic mass is 32.1. The molecule has 8 heteroatoms. The molecule has 0 unspecified atom stereocenters. The van der Waals surface area contributed by atoms with Crippen molar-refractivity contribution < 1.29 is 19.1 Å². The van der Waals surface area contributed by atoms with Crippen LogP contribution in [0, 0.1) is 25.2 Å². The number of ether oxygens (including phenoxy) is 2. The normalized spacial score (nSPS) is 18.0. The zero-order chi connectivity index (χ0) is 23.5. The van der Waals surface area contributed by atoms with Gasteiger partial charge in [-0.25, -0.2) is 4.79 Å². The Morgan fingerprint density at radius 2 is 2.12 bits per heavy atom. The van der Waals surface area contributed by atoms with E-state index in [0.717, 1.165) is 66.0 Å². The van der Waals surface area contributed by atoms with Crippen LogP contribution in [0.3, 0.4) is 0 Å². The molecule has 1 atom stereocenters. The van der Waals surface area contributed by atoms with Crippen LogP contribution in [0.2, 0.25) is 0 Å². The molecule has 2 aromatic rings. The van der Waals surface area contributed by atoms with Gasteiger partial charge < -0.3 is 19.4 Å². The summed E-state index contributed by atoms with van der Waals surface area (Å²) in [4.78, 5) is 26.6. The van der Waals surface area contributed by atoms with Gasteiger partial charge in [-0.1, -0.05) is 0 Å². The molecule has 0 bridgehead atoms. The quantitative estimate of drug-likeness (QED) is 0.393. The minimum Gasteiger partial charge on any atom is -0.465 e. The van der Waals surface area contributed by atoms with Crippen molar-refractivity contribution in [3.05, 3.63) is 44.6 Å². The second-order valence-corrected chi connectivity index (χ2v) is 9.64. The average Bonchev–Trinajstić information content (AvgIpc) is 3.53. The Balaban J connectivity index is 1.67. The fourth-order valence-corrected chi connectivity index (χ4v) is 6.17. The highest BCUT2D eigenvalue weighted by Gasteiger charge is 2.28. The SMILES string of the molecule is COC(=O)c1c(-n2c(C)cc(/C=C(\C#N)C(=O)NC[C@@H]3CCCO3)c2C)sc2c1CCCC2. The number of hydrogen-bond donors (Lipinski definition) is 1. The summed E-state index contributed by atoms with van der Waals surface area (Å²) in [5.74, 6) is -0.722. The monoisotopic (exact) mass is 467 g/mol. The minimum absolute atomic E-state index is 0.0144. The van der Waals surface area contributed by atoms with Crippen LogP contribution in [0.25, 0.3) is 11.1 Å². The Bertz CT molecular complexity index is 1150. The molecule has 0 spiro atoms. The number of aromatic nitrogens is 1. The molecule has 1 fully saturated rings. The second-order valence-electron chi connectivity index (χ2n) is 8.56. The first-order chi connectivity index (χ1) is 15.9. The molecule has 33 heavy (non-hydrogen) atoms. The topological polar surface area (TPSA) is 93.4 Å². The third kappa shape index (κ3) is 4.61. The smallest absolute Gasteiger partial charge is 0.341 e. The molecule has 1 aliphatic heterocycles. The molecular weight excluding hydrogens is 438 g/mol. The van der Waals surface area contributed by atoms with Crippen molar-refractivity contribution in [3.63, 3.8) is 0 Å². The molecular formula is C25H29N3O4S. The molecule has 3 heterocycles. The molecule has 2 aromatic heterocycles. The van der Waals surface area contributed by atoms with Gasteiger partial charge in [-0.3, -0.25) is 4.79 Å². The van der Waals surface area contributed by atoms with Crippen LogP contribution in [-0.2, 0) is 27.1 Å².